The fourth-order valence-corrected chi connectivity index (χ4v) is 2.10. The standard InChI is InChI=1S/C15H19N7O/c1-16-15(17-6-9-22-7-2-3-8-22)18-11-13-19-14(21-20-13)12-5-4-10-23-12/h2-5,7-8,10H,6,9,11H2,1H3,(H2,16,17,18)(H,19,20,21). The minimum Gasteiger partial charge on any atom is -0.461 e. The minimum atomic E-state index is 0.497. The molecule has 0 amide bonds. The Bertz CT molecular complexity index is 728. The second-order valence-corrected chi connectivity index (χ2v) is 4.86. The highest BCUT2D eigenvalue weighted by Crippen LogP contribution is 2.14. The number of aliphatic imine (C=N–C) groups is 1. The molecule has 3 heterocycles. The van der Waals surface area contributed by atoms with E-state index in [-0.39, 0.29) is 0 Å². The maximum absolute atomic E-state index is 5.26. The summed E-state index contributed by atoms with van der Waals surface area (Å²) in [7, 11) is 1.74. The molecule has 0 saturated carbocycles. The third kappa shape index (κ3) is 4.00. The number of furan rings is 1. The summed E-state index contributed by atoms with van der Waals surface area (Å²) in [5.74, 6) is 2.61. The number of hydrogen-bond donors (Lipinski definition) is 3. The summed E-state index contributed by atoms with van der Waals surface area (Å²) in [6.45, 7) is 2.15. The van der Waals surface area contributed by atoms with Crippen molar-refractivity contribution in [3.05, 3.63) is 48.7 Å². The van der Waals surface area contributed by atoms with Crippen molar-refractivity contribution in [2.45, 2.75) is 13.1 Å². The SMILES string of the molecule is CN=C(NCCn1cccc1)NCc1nc(-c2ccco2)n[nH]1. The molecule has 3 aromatic rings. The zero-order valence-electron chi connectivity index (χ0n) is 12.9. The summed E-state index contributed by atoms with van der Waals surface area (Å²) >= 11 is 0. The zero-order valence-corrected chi connectivity index (χ0v) is 12.9. The van der Waals surface area contributed by atoms with E-state index in [2.05, 4.69) is 35.4 Å². The molecule has 3 N–H and O–H groups in total. The number of guanidine groups is 1. The lowest BCUT2D eigenvalue weighted by atomic mass is 10.4. The van der Waals surface area contributed by atoms with E-state index in [9.17, 15) is 0 Å². The highest BCUT2D eigenvalue weighted by Gasteiger charge is 2.08. The zero-order chi connectivity index (χ0) is 15.9. The lowest BCUT2D eigenvalue weighted by molar-refractivity contribution is 0.577. The van der Waals surface area contributed by atoms with E-state index in [0.29, 0.717) is 29.9 Å². The van der Waals surface area contributed by atoms with Crippen molar-refractivity contribution < 1.29 is 4.42 Å². The first-order valence-corrected chi connectivity index (χ1v) is 7.35. The van der Waals surface area contributed by atoms with Gasteiger partial charge in [-0.1, -0.05) is 0 Å². The van der Waals surface area contributed by atoms with Gasteiger partial charge in [-0.2, -0.15) is 0 Å². The molecule has 3 rings (SSSR count). The van der Waals surface area contributed by atoms with Gasteiger partial charge in [0.15, 0.2) is 11.7 Å². The quantitative estimate of drug-likeness (QED) is 0.470. The monoisotopic (exact) mass is 313 g/mol. The molecule has 0 spiro atoms. The van der Waals surface area contributed by atoms with Crippen LogP contribution >= 0.6 is 0 Å². The first-order valence-electron chi connectivity index (χ1n) is 7.35. The molecule has 0 saturated heterocycles. The molecule has 8 heteroatoms. The molecule has 8 nitrogen and oxygen atoms in total. The van der Waals surface area contributed by atoms with Gasteiger partial charge in [-0.25, -0.2) is 4.98 Å². The van der Waals surface area contributed by atoms with Crippen LogP contribution < -0.4 is 10.6 Å². The predicted molar refractivity (Wildman–Crippen MR) is 86.7 cm³/mol. The maximum Gasteiger partial charge on any atom is 0.216 e. The Morgan fingerprint density at radius 1 is 1.30 bits per heavy atom. The van der Waals surface area contributed by atoms with Crippen molar-refractivity contribution >= 4 is 5.96 Å². The van der Waals surface area contributed by atoms with Crippen molar-refractivity contribution in [3.63, 3.8) is 0 Å². The molecule has 23 heavy (non-hydrogen) atoms. The normalized spacial score (nSPS) is 11.6. The third-order valence-corrected chi connectivity index (χ3v) is 3.25. The number of aromatic amines is 1. The summed E-state index contributed by atoms with van der Waals surface area (Å²) in [5, 5.41) is 13.4. The van der Waals surface area contributed by atoms with Crippen LogP contribution in [-0.2, 0) is 13.1 Å². The van der Waals surface area contributed by atoms with Crippen LogP contribution in [0.3, 0.4) is 0 Å². The van der Waals surface area contributed by atoms with Gasteiger partial charge >= 0.3 is 0 Å². The van der Waals surface area contributed by atoms with Crippen LogP contribution in [0.15, 0.2) is 52.3 Å². The van der Waals surface area contributed by atoms with E-state index >= 15 is 0 Å². The molecule has 0 aliphatic heterocycles. The van der Waals surface area contributed by atoms with Crippen LogP contribution in [0.25, 0.3) is 11.6 Å². The highest BCUT2D eigenvalue weighted by molar-refractivity contribution is 5.79. The summed E-state index contributed by atoms with van der Waals surface area (Å²) in [6, 6.07) is 7.64. The Morgan fingerprint density at radius 2 is 2.17 bits per heavy atom. The van der Waals surface area contributed by atoms with Crippen molar-refractivity contribution in [1.82, 2.24) is 30.4 Å². The van der Waals surface area contributed by atoms with Gasteiger partial charge in [-0.05, 0) is 24.3 Å². The number of hydrogen-bond acceptors (Lipinski definition) is 4. The summed E-state index contributed by atoms with van der Waals surface area (Å²) in [5.41, 5.74) is 0. The molecule has 0 aliphatic rings. The first-order chi connectivity index (χ1) is 11.3. The van der Waals surface area contributed by atoms with Crippen LogP contribution in [0.5, 0.6) is 0 Å². The Balaban J connectivity index is 1.46. The Morgan fingerprint density at radius 3 is 2.91 bits per heavy atom. The summed E-state index contributed by atoms with van der Waals surface area (Å²) in [4.78, 5) is 8.55. The molecule has 120 valence electrons. The van der Waals surface area contributed by atoms with Crippen molar-refractivity contribution in [3.8, 4) is 11.6 Å². The second kappa shape index (κ2) is 7.30. The van der Waals surface area contributed by atoms with Gasteiger partial charge in [0.2, 0.25) is 5.82 Å². The Hall–Kier alpha value is -3.03. The van der Waals surface area contributed by atoms with Crippen LogP contribution in [-0.4, -0.2) is 39.3 Å². The van der Waals surface area contributed by atoms with Crippen LogP contribution in [0.4, 0.5) is 0 Å². The number of nitrogens with zero attached hydrogens (tertiary/aromatic N) is 4. The molecule has 0 radical (unpaired) electrons. The van der Waals surface area contributed by atoms with Gasteiger partial charge in [-0.15, -0.1) is 5.10 Å². The van der Waals surface area contributed by atoms with Crippen LogP contribution in [0.1, 0.15) is 5.82 Å². The van der Waals surface area contributed by atoms with E-state index in [4.69, 9.17) is 4.42 Å². The molecule has 0 fully saturated rings. The second-order valence-electron chi connectivity index (χ2n) is 4.86. The molecule has 0 bridgehead atoms. The van der Waals surface area contributed by atoms with Gasteiger partial charge in [-0.3, -0.25) is 10.1 Å². The van der Waals surface area contributed by atoms with E-state index in [0.717, 1.165) is 13.1 Å². The fraction of sp³-hybridized carbons (Fsp3) is 0.267. The lowest BCUT2D eigenvalue weighted by Crippen LogP contribution is -2.38. The average Bonchev–Trinajstić information content (AvgIpc) is 3.32. The molecule has 0 aromatic carbocycles. The maximum atomic E-state index is 5.26. The number of aromatic nitrogens is 4. The van der Waals surface area contributed by atoms with Gasteiger partial charge in [0.05, 0.1) is 12.8 Å². The highest BCUT2D eigenvalue weighted by atomic mass is 16.3. The summed E-state index contributed by atoms with van der Waals surface area (Å²) < 4.78 is 7.37. The minimum absolute atomic E-state index is 0.497. The van der Waals surface area contributed by atoms with Crippen LogP contribution in [0.2, 0.25) is 0 Å². The third-order valence-electron chi connectivity index (χ3n) is 3.25. The van der Waals surface area contributed by atoms with Crippen molar-refractivity contribution in [2.75, 3.05) is 13.6 Å². The van der Waals surface area contributed by atoms with Crippen molar-refractivity contribution in [1.29, 1.82) is 0 Å². The number of H-pyrrole nitrogens is 1. The van der Waals surface area contributed by atoms with Crippen molar-refractivity contribution in [2.24, 2.45) is 4.99 Å². The average molecular weight is 313 g/mol. The molecule has 3 aromatic heterocycles. The van der Waals surface area contributed by atoms with Gasteiger partial charge < -0.3 is 19.6 Å². The largest absolute Gasteiger partial charge is 0.461 e. The van der Waals surface area contributed by atoms with E-state index < -0.39 is 0 Å². The topological polar surface area (TPSA) is 96.1 Å². The lowest BCUT2D eigenvalue weighted by Gasteiger charge is -2.11. The van der Waals surface area contributed by atoms with Gasteiger partial charge in [0.25, 0.3) is 0 Å². The van der Waals surface area contributed by atoms with Crippen LogP contribution in [0, 0.1) is 0 Å². The van der Waals surface area contributed by atoms with E-state index in [1.807, 2.05) is 30.6 Å². The Labute approximate surface area is 133 Å². The molecular formula is C15H19N7O. The first kappa shape index (κ1) is 14.9. The molecule has 0 unspecified atom stereocenters. The molecule has 0 aliphatic carbocycles. The fourth-order valence-electron chi connectivity index (χ4n) is 2.10. The Kier molecular flexibility index (Phi) is 4.72. The molecule has 0 atom stereocenters. The van der Waals surface area contributed by atoms with E-state index in [1.165, 1.54) is 0 Å². The smallest absolute Gasteiger partial charge is 0.216 e. The van der Waals surface area contributed by atoms with E-state index in [1.54, 1.807) is 19.4 Å². The van der Waals surface area contributed by atoms with Gasteiger partial charge in [0.1, 0.15) is 5.82 Å². The number of rotatable bonds is 6. The van der Waals surface area contributed by atoms with Gasteiger partial charge in [0, 0.05) is 32.5 Å². The predicted octanol–water partition coefficient (Wildman–Crippen LogP) is 1.23. The molecular weight excluding hydrogens is 294 g/mol. The number of nitrogens with one attached hydrogen (secondary N) is 3. The summed E-state index contributed by atoms with van der Waals surface area (Å²) in [6.07, 6.45) is 5.66.